The average molecular weight is 379 g/mol. The predicted molar refractivity (Wildman–Crippen MR) is 104 cm³/mol. The van der Waals surface area contributed by atoms with E-state index < -0.39 is 0 Å². The van der Waals surface area contributed by atoms with Crippen LogP contribution >= 0.6 is 0 Å². The highest BCUT2D eigenvalue weighted by atomic mass is 16.5. The van der Waals surface area contributed by atoms with Crippen molar-refractivity contribution in [3.63, 3.8) is 0 Å². The zero-order valence-electron chi connectivity index (χ0n) is 16.2. The molecule has 0 radical (unpaired) electrons. The van der Waals surface area contributed by atoms with Gasteiger partial charge in [0.05, 0.1) is 49.6 Å². The Hall–Kier alpha value is -3.42. The van der Waals surface area contributed by atoms with Gasteiger partial charge in [-0.1, -0.05) is 0 Å². The lowest BCUT2D eigenvalue weighted by Gasteiger charge is -2.12. The molecule has 0 saturated carbocycles. The van der Waals surface area contributed by atoms with E-state index in [0.29, 0.717) is 23.7 Å². The van der Waals surface area contributed by atoms with E-state index in [2.05, 4.69) is 10.1 Å². The molecule has 4 rings (SSSR count). The van der Waals surface area contributed by atoms with Crippen LogP contribution in [-0.2, 0) is 6.54 Å². The van der Waals surface area contributed by atoms with E-state index >= 15 is 0 Å². The number of rotatable bonds is 5. The van der Waals surface area contributed by atoms with E-state index in [-0.39, 0.29) is 11.9 Å². The quantitative estimate of drug-likeness (QED) is 0.677. The maximum Gasteiger partial charge on any atom is 0.260 e. The Morgan fingerprint density at radius 3 is 2.64 bits per heavy atom. The summed E-state index contributed by atoms with van der Waals surface area (Å²) in [6.45, 7) is 4.50. The fraction of sp³-hybridized carbons (Fsp3) is 0.300. The van der Waals surface area contributed by atoms with Crippen molar-refractivity contribution in [2.75, 3.05) is 19.1 Å². The zero-order chi connectivity index (χ0) is 19.8. The van der Waals surface area contributed by atoms with Crippen molar-refractivity contribution in [2.24, 2.45) is 0 Å². The van der Waals surface area contributed by atoms with E-state index in [1.165, 1.54) is 0 Å². The van der Waals surface area contributed by atoms with Gasteiger partial charge in [-0.15, -0.1) is 0 Å². The Morgan fingerprint density at radius 2 is 1.96 bits per heavy atom. The highest BCUT2D eigenvalue weighted by molar-refractivity contribution is 6.09. The van der Waals surface area contributed by atoms with Gasteiger partial charge in [0, 0.05) is 24.0 Å². The molecule has 1 aliphatic rings. The molecule has 1 amide bonds. The summed E-state index contributed by atoms with van der Waals surface area (Å²) >= 11 is 0. The molecule has 3 aromatic rings. The van der Waals surface area contributed by atoms with E-state index in [1.807, 2.05) is 42.9 Å². The van der Waals surface area contributed by atoms with E-state index in [1.54, 1.807) is 31.5 Å². The minimum Gasteiger partial charge on any atom is -0.491 e. The number of ether oxygens (including phenoxy) is 2. The molecular formula is C20H21N5O3. The molecule has 0 unspecified atom stereocenters. The normalized spacial score (nSPS) is 13.2. The Labute approximate surface area is 162 Å². The summed E-state index contributed by atoms with van der Waals surface area (Å²) in [7, 11) is 3.10. The van der Waals surface area contributed by atoms with Crippen LogP contribution in [0.5, 0.6) is 11.6 Å². The van der Waals surface area contributed by atoms with Crippen molar-refractivity contribution in [3.05, 3.63) is 48.0 Å². The topological polar surface area (TPSA) is 82.4 Å². The minimum absolute atomic E-state index is 0.0669. The number of hydrogen-bond acceptors (Lipinski definition) is 6. The van der Waals surface area contributed by atoms with Gasteiger partial charge in [0.25, 0.3) is 11.8 Å². The molecule has 8 nitrogen and oxygen atoms in total. The third-order valence-corrected chi connectivity index (χ3v) is 4.71. The summed E-state index contributed by atoms with van der Waals surface area (Å²) in [6, 6.07) is 5.68. The molecule has 0 spiro atoms. The Balaban J connectivity index is 1.65. The molecule has 0 saturated heterocycles. The van der Waals surface area contributed by atoms with Crippen LogP contribution in [0.25, 0.3) is 11.3 Å². The first-order valence-corrected chi connectivity index (χ1v) is 8.96. The lowest BCUT2D eigenvalue weighted by Crippen LogP contribution is -2.22. The van der Waals surface area contributed by atoms with E-state index in [4.69, 9.17) is 14.5 Å². The highest BCUT2D eigenvalue weighted by Gasteiger charge is 2.31. The van der Waals surface area contributed by atoms with Crippen molar-refractivity contribution >= 4 is 11.6 Å². The molecule has 4 heterocycles. The van der Waals surface area contributed by atoms with E-state index in [9.17, 15) is 4.79 Å². The zero-order valence-corrected chi connectivity index (χ0v) is 16.2. The number of fused-ring (bicyclic) bond motifs is 1. The number of nitrogens with zero attached hydrogens (tertiary/aromatic N) is 5. The molecule has 0 atom stereocenters. The van der Waals surface area contributed by atoms with Crippen LogP contribution in [0.15, 0.2) is 36.8 Å². The summed E-state index contributed by atoms with van der Waals surface area (Å²) in [5.74, 6) is 0.875. The Morgan fingerprint density at radius 1 is 1.14 bits per heavy atom. The molecule has 0 fully saturated rings. The second-order valence-electron chi connectivity index (χ2n) is 6.79. The summed E-state index contributed by atoms with van der Waals surface area (Å²) in [4.78, 5) is 23.5. The maximum atomic E-state index is 12.8. The number of hydrogen-bond donors (Lipinski definition) is 0. The molecule has 0 N–H and O–H groups in total. The van der Waals surface area contributed by atoms with Gasteiger partial charge in [0.2, 0.25) is 0 Å². The molecule has 0 aliphatic carbocycles. The molecule has 144 valence electrons. The van der Waals surface area contributed by atoms with Crippen molar-refractivity contribution in [3.8, 4) is 22.9 Å². The van der Waals surface area contributed by atoms with Crippen LogP contribution in [0.3, 0.4) is 0 Å². The first kappa shape index (κ1) is 18.0. The molecule has 8 heteroatoms. The SMILES string of the molecule is COc1cc(-c2ccc3c(n2)CN(c2cnn(C(C)C)c2)C3=O)cnc1OC. The van der Waals surface area contributed by atoms with Gasteiger partial charge < -0.3 is 9.47 Å². The lowest BCUT2D eigenvalue weighted by atomic mass is 10.1. The van der Waals surface area contributed by atoms with Crippen molar-refractivity contribution in [2.45, 2.75) is 26.4 Å². The number of carbonyl (C=O) groups excluding carboxylic acids is 1. The maximum absolute atomic E-state index is 12.8. The van der Waals surface area contributed by atoms with Crippen LogP contribution in [-0.4, -0.2) is 39.9 Å². The summed E-state index contributed by atoms with van der Waals surface area (Å²) < 4.78 is 12.3. The van der Waals surface area contributed by atoms with Gasteiger partial charge in [-0.05, 0) is 32.0 Å². The van der Waals surface area contributed by atoms with Gasteiger partial charge >= 0.3 is 0 Å². The number of aromatic nitrogens is 4. The second kappa shape index (κ2) is 6.95. The van der Waals surface area contributed by atoms with Crippen molar-refractivity contribution in [1.29, 1.82) is 0 Å². The minimum atomic E-state index is -0.0669. The van der Waals surface area contributed by atoms with Crippen LogP contribution in [0.4, 0.5) is 5.69 Å². The number of pyridine rings is 2. The van der Waals surface area contributed by atoms with E-state index in [0.717, 1.165) is 22.6 Å². The molecule has 0 aromatic carbocycles. The highest BCUT2D eigenvalue weighted by Crippen LogP contribution is 2.32. The van der Waals surface area contributed by atoms with Gasteiger partial charge in [-0.3, -0.25) is 19.4 Å². The average Bonchev–Trinajstić information content (AvgIpc) is 3.32. The summed E-state index contributed by atoms with van der Waals surface area (Å²) in [6.07, 6.45) is 5.27. The number of amides is 1. The lowest BCUT2D eigenvalue weighted by molar-refractivity contribution is 0.0996. The third-order valence-electron chi connectivity index (χ3n) is 4.71. The van der Waals surface area contributed by atoms with Crippen LogP contribution in [0, 0.1) is 0 Å². The molecule has 1 aliphatic heterocycles. The van der Waals surface area contributed by atoms with Gasteiger partial charge in [-0.25, -0.2) is 4.98 Å². The van der Waals surface area contributed by atoms with Gasteiger partial charge in [0.15, 0.2) is 5.75 Å². The number of methoxy groups -OCH3 is 2. The molecule has 3 aromatic heterocycles. The first-order chi connectivity index (χ1) is 13.5. The van der Waals surface area contributed by atoms with Crippen LogP contribution in [0.1, 0.15) is 35.9 Å². The Bertz CT molecular complexity index is 1040. The van der Waals surface area contributed by atoms with Crippen molar-refractivity contribution < 1.29 is 14.3 Å². The third kappa shape index (κ3) is 2.96. The molecular weight excluding hydrogens is 358 g/mol. The summed E-state index contributed by atoms with van der Waals surface area (Å²) in [5.41, 5.74) is 3.62. The number of anilines is 1. The fourth-order valence-corrected chi connectivity index (χ4v) is 3.17. The van der Waals surface area contributed by atoms with Crippen LogP contribution < -0.4 is 14.4 Å². The second-order valence-corrected chi connectivity index (χ2v) is 6.79. The van der Waals surface area contributed by atoms with Crippen molar-refractivity contribution in [1.82, 2.24) is 19.7 Å². The van der Waals surface area contributed by atoms with Crippen LogP contribution in [0.2, 0.25) is 0 Å². The molecule has 0 bridgehead atoms. The Kier molecular flexibility index (Phi) is 4.46. The van der Waals surface area contributed by atoms with Gasteiger partial charge in [-0.2, -0.15) is 5.10 Å². The summed E-state index contributed by atoms with van der Waals surface area (Å²) in [5, 5.41) is 4.33. The standard InChI is InChI=1S/C20H21N5O3/c1-12(2)25-10-14(9-22-25)24-11-17-15(20(24)26)5-6-16(23-17)13-7-18(27-3)19(28-4)21-8-13/h5-10,12H,11H2,1-4H3. The molecule has 28 heavy (non-hydrogen) atoms. The van der Waals surface area contributed by atoms with Gasteiger partial charge in [0.1, 0.15) is 0 Å². The predicted octanol–water partition coefficient (Wildman–Crippen LogP) is 3.10. The smallest absolute Gasteiger partial charge is 0.260 e. The largest absolute Gasteiger partial charge is 0.491 e. The first-order valence-electron chi connectivity index (χ1n) is 8.96. The number of carbonyl (C=O) groups is 1. The monoisotopic (exact) mass is 379 g/mol. The fourth-order valence-electron chi connectivity index (χ4n) is 3.17.